The van der Waals surface area contributed by atoms with E-state index in [1.165, 1.54) is 0 Å². The number of ether oxygens (including phenoxy) is 1. The third-order valence-corrected chi connectivity index (χ3v) is 3.21. The Morgan fingerprint density at radius 1 is 1.38 bits per heavy atom. The lowest BCUT2D eigenvalue weighted by Crippen LogP contribution is -2.18. The first-order valence-corrected chi connectivity index (χ1v) is 6.70. The lowest BCUT2D eigenvalue weighted by atomic mass is 10.1. The van der Waals surface area contributed by atoms with Crippen molar-refractivity contribution in [1.29, 1.82) is 5.26 Å². The maximum atomic E-state index is 9.09. The summed E-state index contributed by atoms with van der Waals surface area (Å²) in [5.74, 6) is 0.719. The van der Waals surface area contributed by atoms with Gasteiger partial charge in [0.1, 0.15) is 11.9 Å². The highest BCUT2D eigenvalue weighted by Crippen LogP contribution is 2.20. The van der Waals surface area contributed by atoms with Crippen molar-refractivity contribution in [3.8, 4) is 6.07 Å². The van der Waals surface area contributed by atoms with Crippen LogP contribution in [-0.2, 0) is 4.74 Å². The zero-order valence-corrected chi connectivity index (χ0v) is 12.4. The Labute approximate surface area is 124 Å². The molecule has 21 heavy (non-hydrogen) atoms. The fraction of sp³-hybridized carbons (Fsp3) is 0.312. The van der Waals surface area contributed by atoms with E-state index in [-0.39, 0.29) is 6.04 Å². The molecule has 2 rings (SSSR count). The van der Waals surface area contributed by atoms with Gasteiger partial charge in [0.25, 0.3) is 0 Å². The van der Waals surface area contributed by atoms with E-state index in [0.717, 1.165) is 22.8 Å². The molecule has 1 unspecified atom stereocenters. The average Bonchev–Trinajstić information content (AvgIpc) is 2.47. The lowest BCUT2D eigenvalue weighted by Gasteiger charge is -2.19. The standard InChI is InChI=1S/C16H18N4O/c1-11-8-16(19-12(2)13(11)9-17)20-15(10-21-3)14-6-4-5-7-18-14/h4-8,15H,10H2,1-3H3,(H,19,20). The summed E-state index contributed by atoms with van der Waals surface area (Å²) in [6.45, 7) is 4.23. The van der Waals surface area contributed by atoms with E-state index in [4.69, 9.17) is 10.00 Å². The highest BCUT2D eigenvalue weighted by molar-refractivity contribution is 5.49. The molecule has 1 N–H and O–H groups in total. The van der Waals surface area contributed by atoms with Gasteiger partial charge in [-0.3, -0.25) is 4.98 Å². The molecule has 0 bridgehead atoms. The summed E-state index contributed by atoms with van der Waals surface area (Å²) in [5, 5.41) is 12.4. The van der Waals surface area contributed by atoms with E-state index in [2.05, 4.69) is 21.4 Å². The normalized spacial score (nSPS) is 11.7. The number of hydrogen-bond donors (Lipinski definition) is 1. The van der Waals surface area contributed by atoms with Gasteiger partial charge in [0.05, 0.1) is 29.6 Å². The Balaban J connectivity index is 2.28. The second-order valence-electron chi connectivity index (χ2n) is 4.80. The summed E-state index contributed by atoms with van der Waals surface area (Å²) < 4.78 is 5.25. The summed E-state index contributed by atoms with van der Waals surface area (Å²) in [5.41, 5.74) is 3.14. The van der Waals surface area contributed by atoms with Gasteiger partial charge in [0, 0.05) is 13.3 Å². The molecule has 0 fully saturated rings. The van der Waals surface area contributed by atoms with E-state index < -0.39 is 0 Å². The number of pyridine rings is 2. The molecule has 2 aromatic heterocycles. The van der Waals surface area contributed by atoms with Crippen molar-refractivity contribution in [2.75, 3.05) is 19.0 Å². The molecule has 0 spiro atoms. The van der Waals surface area contributed by atoms with Crippen LogP contribution in [0.15, 0.2) is 30.5 Å². The summed E-state index contributed by atoms with van der Waals surface area (Å²) >= 11 is 0. The number of rotatable bonds is 5. The van der Waals surface area contributed by atoms with Crippen LogP contribution in [0.2, 0.25) is 0 Å². The highest BCUT2D eigenvalue weighted by atomic mass is 16.5. The van der Waals surface area contributed by atoms with Crippen molar-refractivity contribution >= 4 is 5.82 Å². The van der Waals surface area contributed by atoms with Gasteiger partial charge in [-0.1, -0.05) is 6.07 Å². The lowest BCUT2D eigenvalue weighted by molar-refractivity contribution is 0.185. The smallest absolute Gasteiger partial charge is 0.127 e. The minimum absolute atomic E-state index is 0.0876. The van der Waals surface area contributed by atoms with Crippen molar-refractivity contribution in [2.45, 2.75) is 19.9 Å². The number of nitriles is 1. The molecule has 5 nitrogen and oxygen atoms in total. The van der Waals surface area contributed by atoms with Crippen LogP contribution in [0, 0.1) is 25.2 Å². The maximum absolute atomic E-state index is 9.09. The van der Waals surface area contributed by atoms with Gasteiger partial charge < -0.3 is 10.1 Å². The van der Waals surface area contributed by atoms with Crippen LogP contribution in [0.3, 0.4) is 0 Å². The van der Waals surface area contributed by atoms with Crippen LogP contribution in [0.5, 0.6) is 0 Å². The van der Waals surface area contributed by atoms with E-state index in [0.29, 0.717) is 12.2 Å². The Morgan fingerprint density at radius 2 is 2.19 bits per heavy atom. The summed E-state index contributed by atoms with van der Waals surface area (Å²) in [6, 6.07) is 9.72. The predicted octanol–water partition coefficient (Wildman–Crippen LogP) is 2.76. The van der Waals surface area contributed by atoms with Crippen molar-refractivity contribution in [3.63, 3.8) is 0 Å². The first kappa shape index (κ1) is 14.9. The zero-order valence-electron chi connectivity index (χ0n) is 12.4. The number of anilines is 1. The molecule has 0 saturated carbocycles. The van der Waals surface area contributed by atoms with Crippen molar-refractivity contribution < 1.29 is 4.74 Å². The molecule has 2 aromatic rings. The monoisotopic (exact) mass is 282 g/mol. The largest absolute Gasteiger partial charge is 0.382 e. The van der Waals surface area contributed by atoms with Crippen LogP contribution >= 0.6 is 0 Å². The number of aryl methyl sites for hydroxylation is 2. The molecule has 0 saturated heterocycles. The molecule has 108 valence electrons. The maximum Gasteiger partial charge on any atom is 0.127 e. The molecule has 0 aliphatic rings. The van der Waals surface area contributed by atoms with Crippen molar-refractivity contribution in [2.24, 2.45) is 0 Å². The third kappa shape index (κ3) is 3.56. The topological polar surface area (TPSA) is 70.8 Å². The quantitative estimate of drug-likeness (QED) is 0.913. The second kappa shape index (κ2) is 6.82. The number of hydrogen-bond acceptors (Lipinski definition) is 5. The average molecular weight is 282 g/mol. The minimum atomic E-state index is -0.0876. The fourth-order valence-corrected chi connectivity index (χ4v) is 2.20. The van der Waals surface area contributed by atoms with Crippen molar-refractivity contribution in [3.05, 3.63) is 53.0 Å². The molecule has 0 amide bonds. The molecule has 0 aliphatic carbocycles. The van der Waals surface area contributed by atoms with Gasteiger partial charge in [-0.25, -0.2) is 4.98 Å². The summed E-state index contributed by atoms with van der Waals surface area (Å²) in [4.78, 5) is 8.79. The molecule has 0 radical (unpaired) electrons. The predicted molar refractivity (Wildman–Crippen MR) is 80.9 cm³/mol. The van der Waals surface area contributed by atoms with Gasteiger partial charge in [0.15, 0.2) is 0 Å². The fourth-order valence-electron chi connectivity index (χ4n) is 2.20. The van der Waals surface area contributed by atoms with Gasteiger partial charge >= 0.3 is 0 Å². The van der Waals surface area contributed by atoms with Crippen LogP contribution < -0.4 is 5.32 Å². The Bertz CT molecular complexity index is 626. The molecule has 5 heteroatoms. The van der Waals surface area contributed by atoms with E-state index in [1.807, 2.05) is 38.1 Å². The van der Waals surface area contributed by atoms with Crippen molar-refractivity contribution in [1.82, 2.24) is 9.97 Å². The molecular formula is C16H18N4O. The summed E-state index contributed by atoms with van der Waals surface area (Å²) in [7, 11) is 1.65. The number of methoxy groups -OCH3 is 1. The number of aromatic nitrogens is 2. The Morgan fingerprint density at radius 3 is 2.76 bits per heavy atom. The minimum Gasteiger partial charge on any atom is -0.382 e. The molecule has 0 aliphatic heterocycles. The molecule has 0 aromatic carbocycles. The third-order valence-electron chi connectivity index (χ3n) is 3.21. The van der Waals surface area contributed by atoms with Crippen LogP contribution in [0.25, 0.3) is 0 Å². The second-order valence-corrected chi connectivity index (χ2v) is 4.80. The van der Waals surface area contributed by atoms with Gasteiger partial charge in [-0.05, 0) is 37.6 Å². The summed E-state index contributed by atoms with van der Waals surface area (Å²) in [6.07, 6.45) is 1.75. The molecular weight excluding hydrogens is 264 g/mol. The van der Waals surface area contributed by atoms with Crippen LogP contribution in [0.4, 0.5) is 5.82 Å². The van der Waals surface area contributed by atoms with E-state index in [1.54, 1.807) is 13.3 Å². The zero-order chi connectivity index (χ0) is 15.2. The first-order chi connectivity index (χ1) is 10.2. The SMILES string of the molecule is COCC(Nc1cc(C)c(C#N)c(C)n1)c1ccccn1. The van der Waals surface area contributed by atoms with E-state index >= 15 is 0 Å². The van der Waals surface area contributed by atoms with Gasteiger partial charge in [-0.15, -0.1) is 0 Å². The number of nitrogens with zero attached hydrogens (tertiary/aromatic N) is 3. The number of nitrogens with one attached hydrogen (secondary N) is 1. The van der Waals surface area contributed by atoms with E-state index in [9.17, 15) is 0 Å². The Kier molecular flexibility index (Phi) is 4.85. The van der Waals surface area contributed by atoms with Crippen LogP contribution in [0.1, 0.15) is 28.6 Å². The first-order valence-electron chi connectivity index (χ1n) is 6.70. The van der Waals surface area contributed by atoms with Gasteiger partial charge in [-0.2, -0.15) is 5.26 Å². The molecule has 2 heterocycles. The van der Waals surface area contributed by atoms with Gasteiger partial charge in [0.2, 0.25) is 0 Å². The van der Waals surface area contributed by atoms with Crippen LogP contribution in [-0.4, -0.2) is 23.7 Å². The Hall–Kier alpha value is -2.45. The molecule has 1 atom stereocenters. The highest BCUT2D eigenvalue weighted by Gasteiger charge is 2.14.